The standard InChI is InChI=1S/C65H130N4/c1-10-14-18-22-32-40-49-64(50-41-33-23-19-15-11-2)54-53-61(5)47-38-30-29-37-45-59-69(60-56-67-63(7)66-55-46-57-68(8)9)58-44-36-28-26-27-31-39-48-62(6)65(51-42-34-24-20-16-12-3)52-43-35-25-21-17-13-4/h64-67H,5-7,10-60H2,1-4,8-9H3. The third-order valence-corrected chi connectivity index (χ3v) is 15.6. The van der Waals surface area contributed by atoms with Gasteiger partial charge in [0.2, 0.25) is 0 Å². The molecule has 0 spiro atoms. The Bertz CT molecular complexity index is 1030. The van der Waals surface area contributed by atoms with E-state index in [0.717, 1.165) is 50.3 Å². The van der Waals surface area contributed by atoms with Crippen LogP contribution in [0.3, 0.4) is 0 Å². The third-order valence-electron chi connectivity index (χ3n) is 15.6. The van der Waals surface area contributed by atoms with Crippen LogP contribution in [0.5, 0.6) is 0 Å². The van der Waals surface area contributed by atoms with Crippen molar-refractivity contribution < 1.29 is 0 Å². The predicted octanol–water partition coefficient (Wildman–Crippen LogP) is 20.5. The number of hydrogen-bond acceptors (Lipinski definition) is 4. The summed E-state index contributed by atoms with van der Waals surface area (Å²) in [7, 11) is 4.29. The molecule has 410 valence electrons. The predicted molar refractivity (Wildman–Crippen MR) is 316 cm³/mol. The van der Waals surface area contributed by atoms with E-state index in [2.05, 4.69) is 75.4 Å². The summed E-state index contributed by atoms with van der Waals surface area (Å²) in [6.45, 7) is 29.5. The molecule has 4 heteroatoms. The molecule has 4 nitrogen and oxygen atoms in total. The van der Waals surface area contributed by atoms with Gasteiger partial charge in [0.25, 0.3) is 0 Å². The number of hydrogen-bond donors (Lipinski definition) is 2. The van der Waals surface area contributed by atoms with Gasteiger partial charge in [0.1, 0.15) is 0 Å². The summed E-state index contributed by atoms with van der Waals surface area (Å²) >= 11 is 0. The number of nitrogens with one attached hydrogen (secondary N) is 2. The van der Waals surface area contributed by atoms with Crippen molar-refractivity contribution in [1.29, 1.82) is 0 Å². The average Bonchev–Trinajstić information content (AvgIpc) is 3.34. The zero-order chi connectivity index (χ0) is 50.5. The molecule has 0 saturated heterocycles. The number of rotatable bonds is 59. The van der Waals surface area contributed by atoms with E-state index in [1.807, 2.05) is 0 Å². The lowest BCUT2D eigenvalue weighted by molar-refractivity contribution is 0.261. The Hall–Kier alpha value is -1.26. The molecule has 0 saturated carbocycles. The van der Waals surface area contributed by atoms with Crippen LogP contribution in [0.1, 0.15) is 317 Å². The van der Waals surface area contributed by atoms with Crippen molar-refractivity contribution in [3.05, 3.63) is 36.7 Å². The fourth-order valence-electron chi connectivity index (χ4n) is 10.7. The maximum atomic E-state index is 4.70. The highest BCUT2D eigenvalue weighted by Gasteiger charge is 2.14. The fourth-order valence-corrected chi connectivity index (χ4v) is 10.7. The van der Waals surface area contributed by atoms with Gasteiger partial charge < -0.3 is 20.4 Å². The highest BCUT2D eigenvalue weighted by molar-refractivity contribution is 5.00. The van der Waals surface area contributed by atoms with Gasteiger partial charge in [0.05, 0.1) is 5.82 Å². The quantitative estimate of drug-likeness (QED) is 0.0470. The smallest absolute Gasteiger partial charge is 0.0912 e. The molecule has 0 aliphatic heterocycles. The van der Waals surface area contributed by atoms with E-state index in [1.165, 1.54) is 301 Å². The summed E-state index contributed by atoms with van der Waals surface area (Å²) in [5.41, 5.74) is 3.12. The Morgan fingerprint density at radius 3 is 1.17 bits per heavy atom. The highest BCUT2D eigenvalue weighted by Crippen LogP contribution is 2.29. The van der Waals surface area contributed by atoms with E-state index in [-0.39, 0.29) is 0 Å². The van der Waals surface area contributed by atoms with Gasteiger partial charge in [0.15, 0.2) is 0 Å². The van der Waals surface area contributed by atoms with Crippen LogP contribution >= 0.6 is 0 Å². The molecule has 69 heavy (non-hydrogen) atoms. The molecule has 0 bridgehead atoms. The Morgan fingerprint density at radius 1 is 0.348 bits per heavy atom. The number of allylic oxidation sites excluding steroid dienone is 2. The van der Waals surface area contributed by atoms with Gasteiger partial charge in [-0.1, -0.05) is 277 Å². The van der Waals surface area contributed by atoms with Crippen LogP contribution in [-0.2, 0) is 0 Å². The van der Waals surface area contributed by atoms with Gasteiger partial charge in [-0.2, -0.15) is 0 Å². The Labute approximate surface area is 437 Å². The van der Waals surface area contributed by atoms with Gasteiger partial charge in [-0.3, -0.25) is 0 Å². The molecule has 0 unspecified atom stereocenters. The monoisotopic (exact) mass is 967 g/mol. The summed E-state index contributed by atoms with van der Waals surface area (Å²) in [4.78, 5) is 5.00. The van der Waals surface area contributed by atoms with Gasteiger partial charge in [-0.15, -0.1) is 0 Å². The lowest BCUT2D eigenvalue weighted by Crippen LogP contribution is -2.36. The normalized spacial score (nSPS) is 11.8. The van der Waals surface area contributed by atoms with E-state index < -0.39 is 0 Å². The van der Waals surface area contributed by atoms with E-state index in [1.54, 1.807) is 5.57 Å². The Balaban J connectivity index is 4.66. The minimum atomic E-state index is 0.778. The number of nitrogens with zero attached hydrogens (tertiary/aromatic N) is 2. The molecule has 0 heterocycles. The van der Waals surface area contributed by atoms with Crippen molar-refractivity contribution in [3.63, 3.8) is 0 Å². The first-order valence-electron chi connectivity index (χ1n) is 31.6. The van der Waals surface area contributed by atoms with Gasteiger partial charge in [-0.25, -0.2) is 0 Å². The van der Waals surface area contributed by atoms with Crippen LogP contribution in [0.25, 0.3) is 0 Å². The summed E-state index contributed by atoms with van der Waals surface area (Å²) in [5.74, 6) is 2.69. The van der Waals surface area contributed by atoms with Crippen LogP contribution < -0.4 is 10.6 Å². The van der Waals surface area contributed by atoms with Gasteiger partial charge in [0, 0.05) is 19.6 Å². The SMILES string of the molecule is C=C(CCCCCCCN(CCCCCCCCCC(=C)C(CCCCCCCC)CCCCCCCC)CCNC(=C)NCCCN(C)C)CCC(CCCCCCCC)CCCCCCCC. The lowest BCUT2D eigenvalue weighted by atomic mass is 9.86. The zero-order valence-corrected chi connectivity index (χ0v) is 48.7. The minimum Gasteiger partial charge on any atom is -0.372 e. The molecule has 0 aromatic rings. The Morgan fingerprint density at radius 2 is 0.725 bits per heavy atom. The molecule has 0 aromatic carbocycles. The molecule has 0 radical (unpaired) electrons. The molecule has 0 aliphatic rings. The van der Waals surface area contributed by atoms with Crippen molar-refractivity contribution in [2.24, 2.45) is 11.8 Å². The second-order valence-corrected chi connectivity index (χ2v) is 22.8. The van der Waals surface area contributed by atoms with E-state index in [0.29, 0.717) is 0 Å². The second kappa shape index (κ2) is 54.5. The first-order valence-corrected chi connectivity index (χ1v) is 31.6. The topological polar surface area (TPSA) is 30.5 Å². The van der Waals surface area contributed by atoms with Crippen molar-refractivity contribution in [1.82, 2.24) is 20.4 Å². The maximum Gasteiger partial charge on any atom is 0.0912 e. The largest absolute Gasteiger partial charge is 0.372 e. The van der Waals surface area contributed by atoms with Crippen LogP contribution in [0.15, 0.2) is 36.7 Å². The van der Waals surface area contributed by atoms with Crippen molar-refractivity contribution >= 4 is 0 Å². The summed E-state index contributed by atoms with van der Waals surface area (Å²) < 4.78 is 0. The van der Waals surface area contributed by atoms with E-state index in [9.17, 15) is 0 Å². The van der Waals surface area contributed by atoms with Crippen LogP contribution in [0.2, 0.25) is 0 Å². The van der Waals surface area contributed by atoms with E-state index >= 15 is 0 Å². The molecule has 0 rings (SSSR count). The minimum absolute atomic E-state index is 0.778. The molecular formula is C65H130N4. The summed E-state index contributed by atoms with van der Waals surface area (Å²) in [5, 5.41) is 7.09. The summed E-state index contributed by atoms with van der Waals surface area (Å²) in [6, 6.07) is 0. The molecule has 0 atom stereocenters. The average molecular weight is 968 g/mol. The molecule has 0 aliphatic carbocycles. The van der Waals surface area contributed by atoms with Crippen LogP contribution in [0, 0.1) is 11.8 Å². The van der Waals surface area contributed by atoms with Crippen molar-refractivity contribution in [2.45, 2.75) is 317 Å². The zero-order valence-electron chi connectivity index (χ0n) is 48.7. The van der Waals surface area contributed by atoms with Crippen molar-refractivity contribution in [3.8, 4) is 0 Å². The first kappa shape index (κ1) is 67.7. The van der Waals surface area contributed by atoms with Gasteiger partial charge >= 0.3 is 0 Å². The second-order valence-electron chi connectivity index (χ2n) is 22.8. The maximum absolute atomic E-state index is 4.70. The first-order chi connectivity index (χ1) is 33.8. The third kappa shape index (κ3) is 50.1. The Kier molecular flexibility index (Phi) is 53.5. The highest BCUT2D eigenvalue weighted by atomic mass is 15.2. The fraction of sp³-hybridized carbons (Fsp3) is 0.908. The molecule has 0 aromatic heterocycles. The molecule has 2 N–H and O–H groups in total. The van der Waals surface area contributed by atoms with Crippen LogP contribution in [-0.4, -0.2) is 63.2 Å². The lowest BCUT2D eigenvalue weighted by Gasteiger charge is -2.23. The molecule has 0 amide bonds. The van der Waals surface area contributed by atoms with Crippen LogP contribution in [0.4, 0.5) is 0 Å². The van der Waals surface area contributed by atoms with E-state index in [4.69, 9.17) is 6.58 Å². The molecular weight excluding hydrogens is 837 g/mol. The molecule has 0 fully saturated rings. The number of unbranched alkanes of at least 4 members (excludes halogenated alkanes) is 30. The van der Waals surface area contributed by atoms with Crippen molar-refractivity contribution in [2.75, 3.05) is 53.4 Å². The summed E-state index contributed by atoms with van der Waals surface area (Å²) in [6.07, 6.45) is 62.5. The van der Waals surface area contributed by atoms with Gasteiger partial charge in [-0.05, 0) is 116 Å².